The Morgan fingerprint density at radius 1 is 0.625 bits per heavy atom. The fourth-order valence-electron chi connectivity index (χ4n) is 5.41. The van der Waals surface area contributed by atoms with E-state index in [2.05, 4.69) is 31.9 Å². The van der Waals surface area contributed by atoms with Crippen LogP contribution < -0.4 is 31.9 Å². The van der Waals surface area contributed by atoms with Crippen molar-refractivity contribution in [2.45, 2.75) is 37.5 Å². The molecule has 1 aliphatic carbocycles. The molecule has 0 aromatic heterocycles. The summed E-state index contributed by atoms with van der Waals surface area (Å²) < 4.78 is 62.0. The van der Waals surface area contributed by atoms with E-state index < -0.39 is 29.1 Å². The van der Waals surface area contributed by atoms with Gasteiger partial charge in [0.25, 0.3) is 0 Å². The van der Waals surface area contributed by atoms with Crippen LogP contribution in [0.3, 0.4) is 0 Å². The van der Waals surface area contributed by atoms with Gasteiger partial charge in [0.2, 0.25) is 0 Å². The molecule has 0 bridgehead atoms. The molecule has 0 aromatic carbocycles. The maximum absolute atomic E-state index is 16.3. The summed E-state index contributed by atoms with van der Waals surface area (Å²) in [5, 5.41) is 20.2. The minimum atomic E-state index is -2.63. The van der Waals surface area contributed by atoms with Gasteiger partial charge in [0.1, 0.15) is 0 Å². The number of allylic oxidation sites excluding steroid dienone is 2. The fraction of sp³-hybridized carbons (Fsp3) is 0.857. The molecule has 2 atom stereocenters. The van der Waals surface area contributed by atoms with Gasteiger partial charge in [0.05, 0.1) is 0 Å². The van der Waals surface area contributed by atoms with E-state index in [0.29, 0.717) is 45.3 Å². The molecule has 2 saturated heterocycles. The Morgan fingerprint density at radius 2 is 1.07 bits per heavy atom. The molecule has 2 aliphatic heterocycles. The van der Waals surface area contributed by atoms with Crippen molar-refractivity contribution >= 4 is 0 Å². The summed E-state index contributed by atoms with van der Waals surface area (Å²) in [5.74, 6) is -2.55. The van der Waals surface area contributed by atoms with Crippen molar-refractivity contribution in [3.8, 4) is 0 Å². The van der Waals surface area contributed by atoms with Gasteiger partial charge in [0.15, 0.2) is 23.5 Å². The average molecular weight is 577 g/mol. The maximum atomic E-state index is 16.3. The molecule has 3 rings (SSSR count). The van der Waals surface area contributed by atoms with Gasteiger partial charge in [-0.05, 0) is 84.1 Å². The molecule has 2 heterocycles. The highest BCUT2D eigenvalue weighted by molar-refractivity contribution is 5.39. The van der Waals surface area contributed by atoms with Gasteiger partial charge < -0.3 is 31.9 Å². The molecular weight excluding hydrogens is 524 g/mol. The summed E-state index contributed by atoms with van der Waals surface area (Å²) in [7, 11) is 0. The van der Waals surface area contributed by atoms with Gasteiger partial charge in [-0.15, -0.1) is 0 Å². The highest BCUT2D eigenvalue weighted by atomic mass is 19.2. The summed E-state index contributed by atoms with van der Waals surface area (Å²) in [6, 6.07) is 0. The summed E-state index contributed by atoms with van der Waals surface area (Å²) in [6.45, 7) is 11.4. The number of rotatable bonds is 4. The number of hydrogen-bond acceptors (Lipinski definition) is 8. The molecule has 40 heavy (non-hydrogen) atoms. The van der Waals surface area contributed by atoms with E-state index in [-0.39, 0.29) is 13.1 Å². The predicted octanol–water partition coefficient (Wildman–Crippen LogP) is 0.853. The minimum absolute atomic E-state index is 0.136. The number of hydrogen-bond donors (Lipinski definition) is 6. The van der Waals surface area contributed by atoms with Crippen LogP contribution in [0.4, 0.5) is 17.6 Å². The highest BCUT2D eigenvalue weighted by Gasteiger charge is 2.47. The second kappa shape index (κ2) is 19.1. The van der Waals surface area contributed by atoms with E-state index in [9.17, 15) is 4.39 Å². The summed E-state index contributed by atoms with van der Waals surface area (Å²) in [4.78, 5) is 3.74. The lowest BCUT2D eigenvalue weighted by Gasteiger charge is -2.37. The third-order valence-corrected chi connectivity index (χ3v) is 7.68. The molecule has 3 aliphatic rings. The standard InChI is InChI=1S/C28H52F4N8/c29-25-21-28(32,23-40-18-4-10-36-14-12-34-6-2-8-38-16-20-40)27(31)24(26(25)30)22-39-17-3-9-35-13-11-33-5-1-7-37-15-19-39/h21,27,33-38H,1-20,22-23H2. The molecule has 2 fully saturated rings. The van der Waals surface area contributed by atoms with Crippen LogP contribution in [-0.2, 0) is 0 Å². The minimum Gasteiger partial charge on any atom is -0.315 e. The highest BCUT2D eigenvalue weighted by Crippen LogP contribution is 2.39. The normalized spacial score (nSPS) is 29.8. The third kappa shape index (κ3) is 12.0. The fourth-order valence-corrected chi connectivity index (χ4v) is 5.41. The smallest absolute Gasteiger partial charge is 0.179 e. The van der Waals surface area contributed by atoms with Crippen molar-refractivity contribution in [1.29, 1.82) is 0 Å². The van der Waals surface area contributed by atoms with Crippen LogP contribution in [0, 0.1) is 0 Å². The van der Waals surface area contributed by atoms with Crippen molar-refractivity contribution in [2.24, 2.45) is 0 Å². The van der Waals surface area contributed by atoms with Crippen molar-refractivity contribution < 1.29 is 17.6 Å². The second-order valence-electron chi connectivity index (χ2n) is 11.1. The van der Waals surface area contributed by atoms with Crippen LogP contribution in [0.15, 0.2) is 23.3 Å². The molecule has 2 unspecified atom stereocenters. The van der Waals surface area contributed by atoms with E-state index in [1.54, 1.807) is 0 Å². The second-order valence-corrected chi connectivity index (χ2v) is 11.1. The molecule has 0 aromatic rings. The number of alkyl halides is 2. The van der Waals surface area contributed by atoms with Crippen molar-refractivity contribution in [1.82, 2.24) is 41.7 Å². The molecule has 0 radical (unpaired) electrons. The van der Waals surface area contributed by atoms with Gasteiger partial charge in [-0.25, -0.2) is 17.6 Å². The first-order valence-electron chi connectivity index (χ1n) is 15.3. The lowest BCUT2D eigenvalue weighted by Crippen LogP contribution is -2.51. The third-order valence-electron chi connectivity index (χ3n) is 7.68. The Morgan fingerprint density at radius 3 is 1.62 bits per heavy atom. The van der Waals surface area contributed by atoms with Gasteiger partial charge >= 0.3 is 0 Å². The molecule has 8 nitrogen and oxygen atoms in total. The van der Waals surface area contributed by atoms with Crippen molar-refractivity contribution in [3.05, 3.63) is 23.3 Å². The topological polar surface area (TPSA) is 78.7 Å². The van der Waals surface area contributed by atoms with E-state index in [1.807, 2.05) is 9.80 Å². The van der Waals surface area contributed by atoms with Crippen LogP contribution in [0.5, 0.6) is 0 Å². The Balaban J connectivity index is 1.64. The Kier molecular flexibility index (Phi) is 16.0. The first-order chi connectivity index (χ1) is 19.5. The Bertz CT molecular complexity index is 743. The molecular formula is C28H52F4N8. The monoisotopic (exact) mass is 576 g/mol. The van der Waals surface area contributed by atoms with Crippen LogP contribution in [-0.4, -0.2) is 139 Å². The van der Waals surface area contributed by atoms with Gasteiger partial charge in [-0.3, -0.25) is 9.80 Å². The molecule has 0 amide bonds. The largest absolute Gasteiger partial charge is 0.315 e. The lowest BCUT2D eigenvalue weighted by atomic mass is 9.87. The van der Waals surface area contributed by atoms with E-state index in [4.69, 9.17) is 0 Å². The van der Waals surface area contributed by atoms with Crippen molar-refractivity contribution in [3.63, 3.8) is 0 Å². The first-order valence-corrected chi connectivity index (χ1v) is 15.3. The summed E-state index contributed by atoms with van der Waals surface area (Å²) in [6.07, 6.45) is 1.76. The van der Waals surface area contributed by atoms with Crippen molar-refractivity contribution in [2.75, 3.05) is 118 Å². The van der Waals surface area contributed by atoms with Gasteiger partial charge in [-0.1, -0.05) is 0 Å². The zero-order valence-corrected chi connectivity index (χ0v) is 24.1. The quantitative estimate of drug-likeness (QED) is 0.275. The zero-order chi connectivity index (χ0) is 28.5. The van der Waals surface area contributed by atoms with Crippen LogP contribution in [0.25, 0.3) is 0 Å². The summed E-state index contributed by atoms with van der Waals surface area (Å²) >= 11 is 0. The summed E-state index contributed by atoms with van der Waals surface area (Å²) in [5.41, 5.74) is -3.05. The molecule has 0 saturated carbocycles. The lowest BCUT2D eigenvalue weighted by molar-refractivity contribution is 0.0581. The number of nitrogens with zero attached hydrogens (tertiary/aromatic N) is 2. The van der Waals surface area contributed by atoms with Crippen LogP contribution >= 0.6 is 0 Å². The Hall–Kier alpha value is -1.12. The zero-order valence-electron chi connectivity index (χ0n) is 24.1. The maximum Gasteiger partial charge on any atom is 0.179 e. The van der Waals surface area contributed by atoms with E-state index in [0.717, 1.165) is 91.1 Å². The van der Waals surface area contributed by atoms with E-state index >= 15 is 13.2 Å². The molecule has 12 heteroatoms. The average Bonchev–Trinajstić information content (AvgIpc) is 2.94. The Labute approximate surface area is 238 Å². The van der Waals surface area contributed by atoms with E-state index in [1.165, 1.54) is 0 Å². The first kappa shape index (κ1) is 33.4. The molecule has 0 spiro atoms. The van der Waals surface area contributed by atoms with Gasteiger partial charge in [0, 0.05) is 71.0 Å². The molecule has 232 valence electrons. The van der Waals surface area contributed by atoms with Crippen LogP contribution in [0.2, 0.25) is 0 Å². The predicted molar refractivity (Wildman–Crippen MR) is 155 cm³/mol. The molecule has 6 N–H and O–H groups in total. The number of nitrogens with one attached hydrogen (secondary N) is 6. The van der Waals surface area contributed by atoms with Gasteiger partial charge in [-0.2, -0.15) is 0 Å². The van der Waals surface area contributed by atoms with Crippen LogP contribution in [0.1, 0.15) is 25.7 Å². The number of halogens is 4. The SMILES string of the molecule is FC1=CC(F)(CN2CCCNCCNCCCNCC2)C(F)C(CN2CCCNCCNCCCNCC2)=C1F.